The molecule has 0 amide bonds. The normalized spacial score (nSPS) is 11.0. The van der Waals surface area contributed by atoms with Crippen molar-refractivity contribution in [2.75, 3.05) is 7.11 Å². The minimum absolute atomic E-state index is 0.0123. The number of hydrogen-bond donors (Lipinski definition) is 3. The highest BCUT2D eigenvalue weighted by atomic mass is 32.1. The number of aromatic amines is 2. The van der Waals surface area contributed by atoms with Gasteiger partial charge in [-0.15, -0.1) is 11.3 Å². The van der Waals surface area contributed by atoms with Gasteiger partial charge in [0.15, 0.2) is 4.77 Å². The van der Waals surface area contributed by atoms with Crippen LogP contribution in [0.3, 0.4) is 0 Å². The number of nitrogens with one attached hydrogen (secondary N) is 2. The van der Waals surface area contributed by atoms with Crippen molar-refractivity contribution < 1.29 is 9.84 Å². The van der Waals surface area contributed by atoms with Gasteiger partial charge in [0, 0.05) is 17.2 Å². The highest BCUT2D eigenvalue weighted by Crippen LogP contribution is 2.28. The van der Waals surface area contributed by atoms with Gasteiger partial charge in [-0.1, -0.05) is 12.1 Å². The van der Waals surface area contributed by atoms with Crippen molar-refractivity contribution in [3.63, 3.8) is 0 Å². The first-order chi connectivity index (χ1) is 11.6. The summed E-state index contributed by atoms with van der Waals surface area (Å²) in [4.78, 5) is 25.1. The van der Waals surface area contributed by atoms with E-state index in [2.05, 4.69) is 19.9 Å². The van der Waals surface area contributed by atoms with Crippen LogP contribution in [0, 0.1) is 4.77 Å². The van der Waals surface area contributed by atoms with E-state index < -0.39 is 5.56 Å². The fourth-order valence-corrected chi connectivity index (χ4v) is 2.82. The van der Waals surface area contributed by atoms with Gasteiger partial charge in [-0.05, 0) is 24.4 Å². The third-order valence-corrected chi connectivity index (χ3v) is 4.07. The van der Waals surface area contributed by atoms with Gasteiger partial charge in [-0.3, -0.25) is 9.78 Å². The molecule has 0 aliphatic heterocycles. The van der Waals surface area contributed by atoms with E-state index in [4.69, 9.17) is 17.0 Å². The molecule has 0 saturated carbocycles. The molecule has 0 atom stereocenters. The maximum atomic E-state index is 11.8. The highest BCUT2D eigenvalue weighted by Gasteiger charge is 2.07. The maximum absolute atomic E-state index is 11.8. The van der Waals surface area contributed by atoms with Crippen LogP contribution in [0.4, 0.5) is 5.13 Å². The predicted octanol–water partition coefficient (Wildman–Crippen LogP) is 3.02. The second kappa shape index (κ2) is 6.77. The Labute approximate surface area is 145 Å². The smallest absolute Gasteiger partial charge is 0.264 e. The van der Waals surface area contributed by atoms with E-state index in [1.165, 1.54) is 17.6 Å². The number of rotatable bonds is 4. The molecule has 0 saturated heterocycles. The number of aromatic hydroxyl groups is 1. The molecule has 0 unspecified atom stereocenters. The first-order valence-electron chi connectivity index (χ1n) is 6.76. The van der Waals surface area contributed by atoms with Crippen molar-refractivity contribution in [3.8, 4) is 22.9 Å². The monoisotopic (exact) mass is 360 g/mol. The molecule has 9 heteroatoms. The molecular weight excluding hydrogens is 348 g/mol. The van der Waals surface area contributed by atoms with E-state index in [0.29, 0.717) is 5.13 Å². The summed E-state index contributed by atoms with van der Waals surface area (Å²) < 4.78 is 5.24. The summed E-state index contributed by atoms with van der Waals surface area (Å²) in [6.45, 7) is 0. The third kappa shape index (κ3) is 3.42. The minimum Gasteiger partial charge on any atom is -0.497 e. The number of ether oxygens (including phenoxy) is 1. The molecule has 0 fully saturated rings. The van der Waals surface area contributed by atoms with E-state index in [-0.39, 0.29) is 16.2 Å². The number of benzene rings is 1. The molecule has 3 N–H and O–H groups in total. The first kappa shape index (κ1) is 16.1. The fourth-order valence-electron chi connectivity index (χ4n) is 1.96. The molecule has 2 heterocycles. The van der Waals surface area contributed by atoms with Crippen molar-refractivity contribution >= 4 is 34.9 Å². The molecule has 2 aromatic heterocycles. The number of aromatic nitrogens is 3. The van der Waals surface area contributed by atoms with Crippen LogP contribution >= 0.6 is 23.6 Å². The van der Waals surface area contributed by atoms with E-state index in [1.807, 2.05) is 29.6 Å². The van der Waals surface area contributed by atoms with E-state index in [0.717, 1.165) is 17.0 Å². The predicted molar refractivity (Wildman–Crippen MR) is 95.3 cm³/mol. The third-order valence-electron chi connectivity index (χ3n) is 3.12. The van der Waals surface area contributed by atoms with Gasteiger partial charge >= 0.3 is 0 Å². The maximum Gasteiger partial charge on any atom is 0.264 e. The van der Waals surface area contributed by atoms with Crippen molar-refractivity contribution in [2.45, 2.75) is 0 Å². The zero-order valence-corrected chi connectivity index (χ0v) is 14.1. The van der Waals surface area contributed by atoms with Gasteiger partial charge in [0.1, 0.15) is 11.3 Å². The molecule has 0 bridgehead atoms. The largest absolute Gasteiger partial charge is 0.497 e. The summed E-state index contributed by atoms with van der Waals surface area (Å²) in [5.74, 6) is 0.402. The Balaban J connectivity index is 1.89. The summed E-state index contributed by atoms with van der Waals surface area (Å²) in [5.41, 5.74) is 1.11. The number of nitrogens with zero attached hydrogens (tertiary/aromatic N) is 2. The summed E-state index contributed by atoms with van der Waals surface area (Å²) in [5, 5.41) is 12.0. The lowest BCUT2D eigenvalue weighted by Gasteiger charge is -2.01. The summed E-state index contributed by atoms with van der Waals surface area (Å²) >= 11 is 6.08. The average molecular weight is 360 g/mol. The Bertz CT molecular complexity index is 1020. The average Bonchev–Trinajstić information content (AvgIpc) is 3.03. The van der Waals surface area contributed by atoms with Gasteiger partial charge < -0.3 is 14.8 Å². The van der Waals surface area contributed by atoms with Crippen LogP contribution in [0.5, 0.6) is 11.6 Å². The van der Waals surface area contributed by atoms with Crippen molar-refractivity contribution in [3.05, 3.63) is 50.3 Å². The van der Waals surface area contributed by atoms with Gasteiger partial charge in [0.25, 0.3) is 5.56 Å². The quantitative estimate of drug-likeness (QED) is 0.490. The molecule has 122 valence electrons. The topological polar surface area (TPSA) is 103 Å². The molecule has 0 aliphatic carbocycles. The standard InChI is InChI=1S/C15H12N4O3S2/c1-22-9-4-2-3-8(5-9)11-7-24-15(17-11)16-6-10-12(20)18-14(23)19-13(10)21/h2-7H,1H3,(H3,18,19,20,21,23). The van der Waals surface area contributed by atoms with Gasteiger partial charge in [-0.25, -0.2) is 9.98 Å². The highest BCUT2D eigenvalue weighted by molar-refractivity contribution is 7.71. The van der Waals surface area contributed by atoms with Gasteiger partial charge in [0.2, 0.25) is 11.0 Å². The summed E-state index contributed by atoms with van der Waals surface area (Å²) in [6.07, 6.45) is 1.24. The molecule has 3 aromatic rings. The lowest BCUT2D eigenvalue weighted by molar-refractivity contribution is 0.415. The zero-order chi connectivity index (χ0) is 17.1. The molecule has 0 aliphatic rings. The molecule has 3 rings (SSSR count). The van der Waals surface area contributed by atoms with Crippen molar-refractivity contribution in [1.82, 2.24) is 15.0 Å². The van der Waals surface area contributed by atoms with Crippen LogP contribution in [-0.2, 0) is 0 Å². The number of hydrogen-bond acceptors (Lipinski definition) is 7. The van der Waals surface area contributed by atoms with Crippen LogP contribution in [-0.4, -0.2) is 33.4 Å². The molecule has 24 heavy (non-hydrogen) atoms. The second-order valence-corrected chi connectivity index (χ2v) is 5.92. The first-order valence-corrected chi connectivity index (χ1v) is 8.05. The lowest BCUT2D eigenvalue weighted by atomic mass is 10.2. The molecular formula is C15H12N4O3S2. The van der Waals surface area contributed by atoms with Gasteiger partial charge in [0.05, 0.1) is 12.8 Å². The molecule has 7 nitrogen and oxygen atoms in total. The molecule has 0 radical (unpaired) electrons. The zero-order valence-electron chi connectivity index (χ0n) is 12.4. The Kier molecular flexibility index (Phi) is 4.54. The fraction of sp³-hybridized carbons (Fsp3) is 0.0667. The van der Waals surface area contributed by atoms with E-state index >= 15 is 0 Å². The van der Waals surface area contributed by atoms with Crippen LogP contribution in [0.2, 0.25) is 0 Å². The summed E-state index contributed by atoms with van der Waals surface area (Å²) in [7, 11) is 1.60. The van der Waals surface area contributed by atoms with Crippen LogP contribution in [0.25, 0.3) is 11.3 Å². The number of thiazole rings is 1. The van der Waals surface area contributed by atoms with Crippen molar-refractivity contribution in [2.24, 2.45) is 4.99 Å². The molecule has 0 spiro atoms. The minimum atomic E-state index is -0.524. The Morgan fingerprint density at radius 3 is 3.00 bits per heavy atom. The Morgan fingerprint density at radius 2 is 2.25 bits per heavy atom. The van der Waals surface area contributed by atoms with Crippen LogP contribution in [0.1, 0.15) is 5.56 Å². The lowest BCUT2D eigenvalue weighted by Crippen LogP contribution is -2.13. The van der Waals surface area contributed by atoms with Gasteiger partial charge in [-0.2, -0.15) is 0 Å². The van der Waals surface area contributed by atoms with E-state index in [9.17, 15) is 9.90 Å². The summed E-state index contributed by atoms with van der Waals surface area (Å²) in [6, 6.07) is 7.51. The molecule has 1 aromatic carbocycles. The van der Waals surface area contributed by atoms with Crippen LogP contribution in [0.15, 0.2) is 39.4 Å². The number of H-pyrrole nitrogens is 2. The second-order valence-electron chi connectivity index (χ2n) is 4.68. The Morgan fingerprint density at radius 1 is 1.42 bits per heavy atom. The van der Waals surface area contributed by atoms with Crippen molar-refractivity contribution in [1.29, 1.82) is 0 Å². The number of aliphatic imine (C=N–C) groups is 1. The SMILES string of the molecule is COc1cccc(-c2csc(N=Cc3c(O)[nH]c(=S)[nH]c3=O)n2)c1. The number of methoxy groups -OCH3 is 1. The van der Waals surface area contributed by atoms with E-state index in [1.54, 1.807) is 7.11 Å². The van der Waals surface area contributed by atoms with Crippen LogP contribution < -0.4 is 10.3 Å². The Hall–Kier alpha value is -2.78.